The zero-order valence-electron chi connectivity index (χ0n) is 11.6. The molecule has 0 spiro atoms. The second-order valence-corrected chi connectivity index (χ2v) is 5.22. The number of likely N-dealkylation sites (tertiary alicyclic amines) is 1. The number of nitrogens with one attached hydrogen (secondary N) is 1. The van der Waals surface area contributed by atoms with Crippen molar-refractivity contribution < 1.29 is 19.2 Å². The summed E-state index contributed by atoms with van der Waals surface area (Å²) in [6.07, 6.45) is 2.12. The molecule has 0 amide bonds. The summed E-state index contributed by atoms with van der Waals surface area (Å²) in [5.74, 6) is 0.466. The molecule has 1 unspecified atom stereocenters. The number of aryl methyl sites for hydroxylation is 1. The summed E-state index contributed by atoms with van der Waals surface area (Å²) in [6.45, 7) is 4.00. The lowest BCUT2D eigenvalue weighted by molar-refractivity contribution is -0.888. The summed E-state index contributed by atoms with van der Waals surface area (Å²) in [7, 11) is 2.13. The van der Waals surface area contributed by atoms with Gasteiger partial charge < -0.3 is 14.4 Å². The third-order valence-electron chi connectivity index (χ3n) is 3.44. The Bertz CT molecular complexity index is 433. The predicted octanol–water partition coefficient (Wildman–Crippen LogP) is 0.594. The first kappa shape index (κ1) is 13.9. The van der Waals surface area contributed by atoms with Crippen LogP contribution in [-0.4, -0.2) is 38.8 Å². The molecule has 1 aromatic carbocycles. The van der Waals surface area contributed by atoms with E-state index < -0.39 is 0 Å². The molecule has 0 bridgehead atoms. The van der Waals surface area contributed by atoms with Gasteiger partial charge in [-0.3, -0.25) is 0 Å². The quantitative estimate of drug-likeness (QED) is 0.809. The van der Waals surface area contributed by atoms with Crippen molar-refractivity contribution in [3.8, 4) is 5.75 Å². The van der Waals surface area contributed by atoms with Crippen LogP contribution in [0.3, 0.4) is 0 Å². The zero-order chi connectivity index (χ0) is 13.7. The van der Waals surface area contributed by atoms with Crippen LogP contribution in [0.1, 0.15) is 18.4 Å². The van der Waals surface area contributed by atoms with Gasteiger partial charge in [0.2, 0.25) is 0 Å². The minimum Gasteiger partial charge on any atom is -0.482 e. The van der Waals surface area contributed by atoms with Crippen molar-refractivity contribution >= 4 is 5.97 Å². The van der Waals surface area contributed by atoms with Gasteiger partial charge in [-0.15, -0.1) is 0 Å². The van der Waals surface area contributed by atoms with E-state index in [1.165, 1.54) is 4.90 Å². The predicted molar refractivity (Wildman–Crippen MR) is 72.4 cm³/mol. The van der Waals surface area contributed by atoms with Crippen LogP contribution in [0.2, 0.25) is 0 Å². The van der Waals surface area contributed by atoms with Gasteiger partial charge in [-0.05, 0) is 25.0 Å². The summed E-state index contributed by atoms with van der Waals surface area (Å²) >= 11 is 0. The van der Waals surface area contributed by atoms with Gasteiger partial charge in [0.1, 0.15) is 12.3 Å². The lowest BCUT2D eigenvalue weighted by Crippen LogP contribution is -3.11. The number of piperidine rings is 1. The molecule has 19 heavy (non-hydrogen) atoms. The molecule has 4 heteroatoms. The Morgan fingerprint density at radius 1 is 1.42 bits per heavy atom. The molecule has 104 valence electrons. The van der Waals surface area contributed by atoms with E-state index >= 15 is 0 Å². The summed E-state index contributed by atoms with van der Waals surface area (Å²) in [6, 6.07) is 7.66. The number of rotatable bonds is 4. The highest BCUT2D eigenvalue weighted by Gasteiger charge is 2.23. The number of carbonyl (C=O) groups excluding carboxylic acids is 1. The number of likely N-dealkylation sites (N-methyl/N-ethyl adjacent to an activating group) is 1. The van der Waals surface area contributed by atoms with Gasteiger partial charge >= 0.3 is 5.97 Å². The van der Waals surface area contributed by atoms with Gasteiger partial charge in [0.05, 0.1) is 13.6 Å². The SMILES string of the molecule is Cc1ccccc1OCC(=O)O[C@@H]1CCC[NH+](C)C1. The van der Waals surface area contributed by atoms with Crippen LogP contribution in [0.25, 0.3) is 0 Å². The number of hydrogen-bond donors (Lipinski definition) is 1. The number of hydrogen-bond acceptors (Lipinski definition) is 3. The molecule has 1 aromatic rings. The summed E-state index contributed by atoms with van der Waals surface area (Å²) in [5.41, 5.74) is 1.03. The monoisotopic (exact) mass is 264 g/mol. The fourth-order valence-electron chi connectivity index (χ4n) is 2.40. The van der Waals surface area contributed by atoms with Crippen molar-refractivity contribution in [1.29, 1.82) is 0 Å². The first-order valence-electron chi connectivity index (χ1n) is 6.84. The smallest absolute Gasteiger partial charge is 0.344 e. The molecule has 2 rings (SSSR count). The van der Waals surface area contributed by atoms with Crippen molar-refractivity contribution in [2.24, 2.45) is 0 Å². The number of para-hydroxylation sites is 1. The first-order chi connectivity index (χ1) is 9.15. The van der Waals surface area contributed by atoms with Crippen molar-refractivity contribution in [2.45, 2.75) is 25.9 Å². The Kier molecular flexibility index (Phi) is 4.80. The Hall–Kier alpha value is -1.55. The molecule has 2 atom stereocenters. The minimum atomic E-state index is -0.275. The number of carbonyl (C=O) groups is 1. The maximum atomic E-state index is 11.7. The Balaban J connectivity index is 1.77. The van der Waals surface area contributed by atoms with E-state index in [0.717, 1.165) is 37.2 Å². The van der Waals surface area contributed by atoms with Crippen LogP contribution in [-0.2, 0) is 9.53 Å². The van der Waals surface area contributed by atoms with E-state index in [1.807, 2.05) is 31.2 Å². The molecule has 1 saturated heterocycles. The summed E-state index contributed by atoms with van der Waals surface area (Å²) in [5, 5.41) is 0. The Morgan fingerprint density at radius 3 is 2.95 bits per heavy atom. The molecular formula is C15H22NO3+. The topological polar surface area (TPSA) is 40.0 Å². The van der Waals surface area contributed by atoms with Crippen LogP contribution in [0.4, 0.5) is 0 Å². The van der Waals surface area contributed by atoms with E-state index in [0.29, 0.717) is 0 Å². The molecule has 1 heterocycles. The molecule has 0 saturated carbocycles. The molecular weight excluding hydrogens is 242 g/mol. The van der Waals surface area contributed by atoms with Crippen molar-refractivity contribution in [3.63, 3.8) is 0 Å². The van der Waals surface area contributed by atoms with Crippen LogP contribution in [0.5, 0.6) is 5.75 Å². The molecule has 1 N–H and O–H groups in total. The van der Waals surface area contributed by atoms with Gasteiger partial charge in [0.25, 0.3) is 0 Å². The van der Waals surface area contributed by atoms with E-state index in [1.54, 1.807) is 0 Å². The number of ether oxygens (including phenoxy) is 2. The maximum Gasteiger partial charge on any atom is 0.344 e. The van der Waals surface area contributed by atoms with Crippen molar-refractivity contribution in [3.05, 3.63) is 29.8 Å². The second kappa shape index (κ2) is 6.57. The number of quaternary nitrogens is 1. The van der Waals surface area contributed by atoms with Gasteiger partial charge in [-0.2, -0.15) is 0 Å². The van der Waals surface area contributed by atoms with Crippen LogP contribution >= 0.6 is 0 Å². The number of esters is 1. The van der Waals surface area contributed by atoms with E-state index in [4.69, 9.17) is 9.47 Å². The molecule has 1 fully saturated rings. The number of benzene rings is 1. The van der Waals surface area contributed by atoms with E-state index in [2.05, 4.69) is 7.05 Å². The van der Waals surface area contributed by atoms with E-state index in [-0.39, 0.29) is 18.7 Å². The standard InChI is InChI=1S/C15H21NO3/c1-12-6-3-4-8-14(12)18-11-15(17)19-13-7-5-9-16(2)10-13/h3-4,6,8,13H,5,7,9-11H2,1-2H3/p+1/t13-/m1/s1. The molecule has 0 radical (unpaired) electrons. The Labute approximate surface area is 114 Å². The maximum absolute atomic E-state index is 11.7. The van der Waals surface area contributed by atoms with Gasteiger partial charge in [-0.1, -0.05) is 18.2 Å². The lowest BCUT2D eigenvalue weighted by atomic mass is 10.1. The largest absolute Gasteiger partial charge is 0.482 e. The van der Waals surface area contributed by atoms with Gasteiger partial charge in [0.15, 0.2) is 12.7 Å². The van der Waals surface area contributed by atoms with Crippen LogP contribution in [0.15, 0.2) is 24.3 Å². The second-order valence-electron chi connectivity index (χ2n) is 5.22. The van der Waals surface area contributed by atoms with Gasteiger partial charge in [0, 0.05) is 6.42 Å². The zero-order valence-corrected chi connectivity index (χ0v) is 11.6. The first-order valence-corrected chi connectivity index (χ1v) is 6.84. The van der Waals surface area contributed by atoms with Crippen LogP contribution < -0.4 is 9.64 Å². The minimum absolute atomic E-state index is 0.0135. The fraction of sp³-hybridized carbons (Fsp3) is 0.533. The average Bonchev–Trinajstić information content (AvgIpc) is 2.38. The molecule has 1 aliphatic heterocycles. The van der Waals surface area contributed by atoms with Crippen molar-refractivity contribution in [2.75, 3.05) is 26.7 Å². The highest BCUT2D eigenvalue weighted by Crippen LogP contribution is 2.16. The molecule has 4 nitrogen and oxygen atoms in total. The third kappa shape index (κ3) is 4.24. The van der Waals surface area contributed by atoms with E-state index in [9.17, 15) is 4.79 Å². The highest BCUT2D eigenvalue weighted by molar-refractivity contribution is 5.71. The molecule has 0 aliphatic carbocycles. The fourth-order valence-corrected chi connectivity index (χ4v) is 2.40. The average molecular weight is 264 g/mol. The summed E-state index contributed by atoms with van der Waals surface area (Å²) < 4.78 is 10.9. The molecule has 0 aromatic heterocycles. The highest BCUT2D eigenvalue weighted by atomic mass is 16.6. The third-order valence-corrected chi connectivity index (χ3v) is 3.44. The lowest BCUT2D eigenvalue weighted by Gasteiger charge is -2.26. The Morgan fingerprint density at radius 2 is 2.21 bits per heavy atom. The van der Waals surface area contributed by atoms with Gasteiger partial charge in [-0.25, -0.2) is 4.79 Å². The summed E-state index contributed by atoms with van der Waals surface area (Å²) in [4.78, 5) is 13.2. The van der Waals surface area contributed by atoms with Crippen molar-refractivity contribution in [1.82, 2.24) is 0 Å². The van der Waals surface area contributed by atoms with Crippen LogP contribution in [0, 0.1) is 6.92 Å². The normalized spacial score (nSPS) is 22.8. The molecule has 1 aliphatic rings.